The van der Waals surface area contributed by atoms with Crippen LogP contribution in [0.5, 0.6) is 0 Å². The third kappa shape index (κ3) is 2.71. The van der Waals surface area contributed by atoms with Crippen LogP contribution < -0.4 is 11.1 Å². The fraction of sp³-hybridized carbons (Fsp3) is 0.143. The molecule has 0 saturated heterocycles. The van der Waals surface area contributed by atoms with Gasteiger partial charge >= 0.3 is 0 Å². The summed E-state index contributed by atoms with van der Waals surface area (Å²) >= 11 is 5.97. The van der Waals surface area contributed by atoms with Crippen LogP contribution in [0, 0.1) is 0 Å². The number of anilines is 3. The molecule has 0 aliphatic heterocycles. The van der Waals surface area contributed by atoms with Crippen LogP contribution >= 0.6 is 11.6 Å². The van der Waals surface area contributed by atoms with E-state index in [1.54, 1.807) is 6.07 Å². The SMILES string of the molecule is CCc1cccc(Nc2cccc(Cl)c2N)c1. The van der Waals surface area contributed by atoms with E-state index in [2.05, 4.69) is 24.4 Å². The molecular weight excluding hydrogens is 232 g/mol. The fourth-order valence-corrected chi connectivity index (χ4v) is 1.85. The zero-order valence-corrected chi connectivity index (χ0v) is 10.5. The van der Waals surface area contributed by atoms with Crippen LogP contribution in [0.1, 0.15) is 12.5 Å². The number of nitrogens with one attached hydrogen (secondary N) is 1. The molecule has 0 amide bonds. The van der Waals surface area contributed by atoms with Gasteiger partial charge in [-0.3, -0.25) is 0 Å². The van der Waals surface area contributed by atoms with Gasteiger partial charge in [0, 0.05) is 5.69 Å². The van der Waals surface area contributed by atoms with Crippen molar-refractivity contribution in [2.45, 2.75) is 13.3 Å². The molecule has 0 unspecified atom stereocenters. The Bertz CT molecular complexity index is 523. The summed E-state index contributed by atoms with van der Waals surface area (Å²) < 4.78 is 0. The quantitative estimate of drug-likeness (QED) is 0.796. The van der Waals surface area contributed by atoms with Crippen molar-refractivity contribution in [2.24, 2.45) is 0 Å². The largest absolute Gasteiger partial charge is 0.396 e. The maximum Gasteiger partial charge on any atom is 0.0742 e. The third-order valence-corrected chi connectivity index (χ3v) is 3.00. The Balaban J connectivity index is 2.28. The van der Waals surface area contributed by atoms with E-state index in [0.717, 1.165) is 17.8 Å². The summed E-state index contributed by atoms with van der Waals surface area (Å²) in [6, 6.07) is 13.8. The van der Waals surface area contributed by atoms with Crippen molar-refractivity contribution in [1.82, 2.24) is 0 Å². The summed E-state index contributed by atoms with van der Waals surface area (Å²) in [7, 11) is 0. The molecule has 0 radical (unpaired) electrons. The molecule has 17 heavy (non-hydrogen) atoms. The standard InChI is InChI=1S/C14H15ClN2/c1-2-10-5-3-6-11(9-10)17-13-8-4-7-12(15)14(13)16/h3-9,17H,2,16H2,1H3. The number of rotatable bonds is 3. The van der Waals surface area contributed by atoms with Crippen LogP contribution in [0.25, 0.3) is 0 Å². The Morgan fingerprint density at radius 3 is 2.71 bits per heavy atom. The van der Waals surface area contributed by atoms with Gasteiger partial charge in [0.1, 0.15) is 0 Å². The molecule has 3 N–H and O–H groups in total. The highest BCUT2D eigenvalue weighted by Crippen LogP contribution is 2.29. The van der Waals surface area contributed by atoms with Gasteiger partial charge in [0.15, 0.2) is 0 Å². The zero-order chi connectivity index (χ0) is 12.3. The molecule has 0 heterocycles. The molecule has 3 heteroatoms. The molecule has 2 aromatic rings. The van der Waals surface area contributed by atoms with E-state index in [0.29, 0.717) is 10.7 Å². The van der Waals surface area contributed by atoms with Crippen molar-refractivity contribution < 1.29 is 0 Å². The predicted molar refractivity (Wildman–Crippen MR) is 75.0 cm³/mol. The van der Waals surface area contributed by atoms with Gasteiger partial charge in [-0.15, -0.1) is 0 Å². The van der Waals surface area contributed by atoms with E-state index in [4.69, 9.17) is 17.3 Å². The summed E-state index contributed by atoms with van der Waals surface area (Å²) in [4.78, 5) is 0. The first-order valence-electron chi connectivity index (χ1n) is 5.60. The summed E-state index contributed by atoms with van der Waals surface area (Å²) in [5.41, 5.74) is 9.64. The van der Waals surface area contributed by atoms with Crippen molar-refractivity contribution >= 4 is 28.7 Å². The van der Waals surface area contributed by atoms with Crippen LogP contribution in [0.15, 0.2) is 42.5 Å². The van der Waals surface area contributed by atoms with Gasteiger partial charge in [-0.1, -0.05) is 36.7 Å². The average molecular weight is 247 g/mol. The molecule has 0 fully saturated rings. The smallest absolute Gasteiger partial charge is 0.0742 e. The lowest BCUT2D eigenvalue weighted by molar-refractivity contribution is 1.14. The predicted octanol–water partition coefficient (Wildman–Crippen LogP) is 4.23. The summed E-state index contributed by atoms with van der Waals surface area (Å²) in [6.45, 7) is 2.13. The molecule has 2 rings (SSSR count). The van der Waals surface area contributed by atoms with Crippen molar-refractivity contribution in [3.63, 3.8) is 0 Å². The van der Waals surface area contributed by atoms with Gasteiger partial charge in [0.05, 0.1) is 16.4 Å². The molecule has 0 bridgehead atoms. The van der Waals surface area contributed by atoms with Crippen LogP contribution in [-0.2, 0) is 6.42 Å². The third-order valence-electron chi connectivity index (χ3n) is 2.67. The number of aryl methyl sites for hydroxylation is 1. The first kappa shape index (κ1) is 11.8. The lowest BCUT2D eigenvalue weighted by Crippen LogP contribution is -1.97. The first-order valence-corrected chi connectivity index (χ1v) is 5.98. The molecule has 0 aliphatic rings. The van der Waals surface area contributed by atoms with Gasteiger partial charge in [0.2, 0.25) is 0 Å². The Hall–Kier alpha value is -1.67. The van der Waals surface area contributed by atoms with E-state index >= 15 is 0 Å². The molecule has 2 aromatic carbocycles. The lowest BCUT2D eigenvalue weighted by atomic mass is 10.1. The number of nitrogen functional groups attached to an aromatic ring is 1. The van der Waals surface area contributed by atoms with Gasteiger partial charge in [-0.25, -0.2) is 0 Å². The summed E-state index contributed by atoms with van der Waals surface area (Å²) in [5.74, 6) is 0. The molecule has 0 saturated carbocycles. The van der Waals surface area contributed by atoms with E-state index in [-0.39, 0.29) is 0 Å². The molecule has 0 aliphatic carbocycles. The minimum absolute atomic E-state index is 0.571. The molecule has 0 aromatic heterocycles. The van der Waals surface area contributed by atoms with Gasteiger partial charge in [-0.05, 0) is 36.2 Å². The number of halogens is 1. The Labute approximate surface area is 106 Å². The Morgan fingerprint density at radius 2 is 1.94 bits per heavy atom. The minimum Gasteiger partial charge on any atom is -0.396 e. The number of para-hydroxylation sites is 1. The van der Waals surface area contributed by atoms with Crippen LogP contribution in [0.3, 0.4) is 0 Å². The minimum atomic E-state index is 0.571. The van der Waals surface area contributed by atoms with Gasteiger partial charge in [0.25, 0.3) is 0 Å². The number of benzene rings is 2. The van der Waals surface area contributed by atoms with E-state index in [9.17, 15) is 0 Å². The maximum atomic E-state index is 5.97. The summed E-state index contributed by atoms with van der Waals surface area (Å²) in [6.07, 6.45) is 1.01. The second kappa shape index (κ2) is 5.11. The monoisotopic (exact) mass is 246 g/mol. The fourth-order valence-electron chi connectivity index (χ4n) is 1.67. The van der Waals surface area contributed by atoms with E-state index < -0.39 is 0 Å². The summed E-state index contributed by atoms with van der Waals surface area (Å²) in [5, 5.41) is 3.85. The number of nitrogens with two attached hydrogens (primary N) is 1. The first-order chi connectivity index (χ1) is 8.20. The molecule has 2 nitrogen and oxygen atoms in total. The topological polar surface area (TPSA) is 38.0 Å². The van der Waals surface area contributed by atoms with Gasteiger partial charge in [-0.2, -0.15) is 0 Å². The van der Waals surface area contributed by atoms with E-state index in [1.165, 1.54) is 5.56 Å². The Kier molecular flexibility index (Phi) is 3.55. The molecule has 88 valence electrons. The van der Waals surface area contributed by atoms with Crippen LogP contribution in [0.4, 0.5) is 17.1 Å². The van der Waals surface area contributed by atoms with Crippen molar-refractivity contribution in [3.8, 4) is 0 Å². The van der Waals surface area contributed by atoms with Crippen molar-refractivity contribution in [3.05, 3.63) is 53.1 Å². The highest BCUT2D eigenvalue weighted by Gasteiger charge is 2.03. The molecule has 0 atom stereocenters. The molecular formula is C14H15ClN2. The van der Waals surface area contributed by atoms with Crippen LogP contribution in [0.2, 0.25) is 5.02 Å². The Morgan fingerprint density at radius 1 is 1.18 bits per heavy atom. The van der Waals surface area contributed by atoms with Crippen LogP contribution in [-0.4, -0.2) is 0 Å². The van der Waals surface area contributed by atoms with Crippen molar-refractivity contribution in [2.75, 3.05) is 11.1 Å². The highest BCUT2D eigenvalue weighted by atomic mass is 35.5. The number of hydrogen-bond donors (Lipinski definition) is 2. The highest BCUT2D eigenvalue weighted by molar-refractivity contribution is 6.33. The van der Waals surface area contributed by atoms with E-state index in [1.807, 2.05) is 24.3 Å². The maximum absolute atomic E-state index is 5.97. The normalized spacial score (nSPS) is 10.2. The molecule has 0 spiro atoms. The second-order valence-electron chi connectivity index (χ2n) is 3.88. The number of hydrogen-bond acceptors (Lipinski definition) is 2. The lowest BCUT2D eigenvalue weighted by Gasteiger charge is -2.11. The second-order valence-corrected chi connectivity index (χ2v) is 4.29. The average Bonchev–Trinajstić information content (AvgIpc) is 2.35. The van der Waals surface area contributed by atoms with Crippen molar-refractivity contribution in [1.29, 1.82) is 0 Å². The van der Waals surface area contributed by atoms with Gasteiger partial charge < -0.3 is 11.1 Å². The zero-order valence-electron chi connectivity index (χ0n) is 9.70.